The van der Waals surface area contributed by atoms with Crippen LogP contribution >= 0.6 is 0 Å². The van der Waals surface area contributed by atoms with Crippen LogP contribution in [-0.4, -0.2) is 22.4 Å². The lowest BCUT2D eigenvalue weighted by atomic mass is 10.1. The Morgan fingerprint density at radius 3 is 2.79 bits per heavy atom. The van der Waals surface area contributed by atoms with E-state index in [9.17, 15) is 18.0 Å². The van der Waals surface area contributed by atoms with Crippen LogP contribution in [0.4, 0.5) is 42.0 Å². The van der Waals surface area contributed by atoms with Crippen molar-refractivity contribution >= 4 is 34.7 Å². The number of carbonyl (C=O) groups excluding carboxylic acids is 1. The van der Waals surface area contributed by atoms with Crippen molar-refractivity contribution in [3.63, 3.8) is 0 Å². The zero-order valence-electron chi connectivity index (χ0n) is 18.0. The van der Waals surface area contributed by atoms with E-state index in [0.717, 1.165) is 23.0 Å². The van der Waals surface area contributed by atoms with Gasteiger partial charge in [-0.15, -0.1) is 12.2 Å². The molecular weight excluding hydrogens is 433 g/mol. The molecule has 0 fully saturated rings. The highest BCUT2D eigenvalue weighted by Crippen LogP contribution is 2.36. The molecule has 1 amide bonds. The van der Waals surface area contributed by atoms with Crippen molar-refractivity contribution in [2.24, 2.45) is 0 Å². The van der Waals surface area contributed by atoms with E-state index in [1.54, 1.807) is 18.2 Å². The first kappa shape index (κ1) is 22.4. The zero-order chi connectivity index (χ0) is 23.6. The molecule has 0 unspecified atom stereocenters. The maximum atomic E-state index is 13.6. The summed E-state index contributed by atoms with van der Waals surface area (Å²) in [6.45, 7) is 4.49. The molecule has 172 valence electrons. The van der Waals surface area contributed by atoms with Crippen molar-refractivity contribution in [3.8, 4) is 0 Å². The second kappa shape index (κ2) is 8.97. The minimum atomic E-state index is -4.63. The summed E-state index contributed by atoms with van der Waals surface area (Å²) in [4.78, 5) is 19.7. The average molecular weight is 455 g/mol. The molecule has 3 aromatic rings. The molecule has 10 heteroatoms. The molecule has 33 heavy (non-hydrogen) atoms. The van der Waals surface area contributed by atoms with E-state index in [2.05, 4.69) is 31.2 Å². The Labute approximate surface area is 188 Å². The third-order valence-electron chi connectivity index (χ3n) is 5.14. The number of nitrogens with zero attached hydrogens (tertiary/aromatic N) is 3. The minimum absolute atomic E-state index is 0.0133. The molecule has 0 saturated carbocycles. The van der Waals surface area contributed by atoms with Crippen LogP contribution in [0.1, 0.15) is 29.2 Å². The zero-order valence-corrected chi connectivity index (χ0v) is 18.0. The summed E-state index contributed by atoms with van der Waals surface area (Å²) in [5.74, 6) is -0.508. The van der Waals surface area contributed by atoms with Crippen molar-refractivity contribution in [2.75, 3.05) is 22.5 Å². The predicted octanol–water partition coefficient (Wildman–Crippen LogP) is 5.68. The van der Waals surface area contributed by atoms with E-state index in [4.69, 9.17) is 0 Å². The summed E-state index contributed by atoms with van der Waals surface area (Å²) in [6.07, 6.45) is -3.72. The molecule has 0 saturated heterocycles. The second-order valence-corrected chi connectivity index (χ2v) is 7.60. The summed E-state index contributed by atoms with van der Waals surface area (Å²) in [5.41, 5.74) is 3.45. The molecule has 0 atom stereocenters. The second-order valence-electron chi connectivity index (χ2n) is 7.60. The lowest BCUT2D eigenvalue weighted by Gasteiger charge is -2.24. The van der Waals surface area contributed by atoms with Crippen LogP contribution in [0.5, 0.6) is 0 Å². The maximum absolute atomic E-state index is 13.6. The predicted molar refractivity (Wildman–Crippen MR) is 121 cm³/mol. The number of rotatable bonds is 7. The molecule has 7 nitrogen and oxygen atoms in total. The molecular formula is C23H22F3N6O-. The van der Waals surface area contributed by atoms with Gasteiger partial charge in [-0.25, -0.2) is 4.98 Å². The number of hydrogen-bond donors (Lipinski definition) is 3. The highest BCUT2D eigenvalue weighted by Gasteiger charge is 2.35. The van der Waals surface area contributed by atoms with Crippen LogP contribution < -0.4 is 16.0 Å². The normalized spacial score (nSPS) is 12.8. The van der Waals surface area contributed by atoms with Crippen molar-refractivity contribution in [2.45, 2.75) is 33.0 Å². The SMILES string of the molecule is CC[N-]c1cc(C)ccc1CNc1nc(Nc2cccc3c2CC(=O)N3)ncc1C(F)(F)F. The fourth-order valence-corrected chi connectivity index (χ4v) is 3.59. The largest absolute Gasteiger partial charge is 0.684 e. The van der Waals surface area contributed by atoms with Gasteiger partial charge < -0.3 is 21.3 Å². The number of aromatic nitrogens is 2. The molecule has 1 aromatic heterocycles. The topological polar surface area (TPSA) is 93.0 Å². The van der Waals surface area contributed by atoms with Gasteiger partial charge in [0.25, 0.3) is 0 Å². The fraction of sp³-hybridized carbons (Fsp3) is 0.261. The number of anilines is 4. The number of aryl methyl sites for hydroxylation is 1. The molecule has 0 spiro atoms. The van der Waals surface area contributed by atoms with Crippen molar-refractivity contribution in [3.05, 3.63) is 70.2 Å². The Balaban J connectivity index is 1.62. The molecule has 1 aliphatic heterocycles. The Kier molecular flexibility index (Phi) is 6.08. The average Bonchev–Trinajstić information content (AvgIpc) is 3.14. The van der Waals surface area contributed by atoms with Gasteiger partial charge in [-0.3, -0.25) is 4.79 Å². The Morgan fingerprint density at radius 2 is 2.03 bits per heavy atom. The summed E-state index contributed by atoms with van der Waals surface area (Å²) >= 11 is 0. The van der Waals surface area contributed by atoms with Crippen LogP contribution in [0.25, 0.3) is 5.32 Å². The Morgan fingerprint density at radius 1 is 1.21 bits per heavy atom. The highest BCUT2D eigenvalue weighted by atomic mass is 19.4. The summed E-state index contributed by atoms with van der Waals surface area (Å²) in [6, 6.07) is 10.8. The third-order valence-corrected chi connectivity index (χ3v) is 5.14. The monoisotopic (exact) mass is 455 g/mol. The summed E-state index contributed by atoms with van der Waals surface area (Å²) in [7, 11) is 0. The van der Waals surface area contributed by atoms with Crippen LogP contribution in [0.2, 0.25) is 0 Å². The van der Waals surface area contributed by atoms with Gasteiger partial charge in [0.05, 0.1) is 6.42 Å². The van der Waals surface area contributed by atoms with E-state index in [1.807, 2.05) is 32.0 Å². The number of fused-ring (bicyclic) bond motifs is 1. The maximum Gasteiger partial charge on any atom is 0.421 e. The standard InChI is InChI=1S/C23H22F3N6O/c1-3-27-19-9-13(2)7-8-14(19)11-28-21-16(23(24,25)26)12-29-22(32-21)31-18-6-4-5-17-15(18)10-20(33)30-17/h4-9,12H,3,10-11H2,1-2H3,(H,30,33)(H2,28,29,31,32)/q-1. The Hall–Kier alpha value is -3.82. The van der Waals surface area contributed by atoms with Gasteiger partial charge in [-0.2, -0.15) is 18.2 Å². The molecule has 0 bridgehead atoms. The van der Waals surface area contributed by atoms with Gasteiger partial charge in [0, 0.05) is 29.7 Å². The van der Waals surface area contributed by atoms with Crippen LogP contribution in [0.3, 0.4) is 0 Å². The number of alkyl halides is 3. The number of benzene rings is 2. The summed E-state index contributed by atoms with van der Waals surface area (Å²) in [5, 5.41) is 12.9. The number of carbonyl (C=O) groups is 1. The van der Waals surface area contributed by atoms with Crippen molar-refractivity contribution in [1.29, 1.82) is 0 Å². The van der Waals surface area contributed by atoms with Crippen molar-refractivity contribution in [1.82, 2.24) is 9.97 Å². The van der Waals surface area contributed by atoms with Gasteiger partial charge in [0.15, 0.2) is 0 Å². The molecule has 3 N–H and O–H groups in total. The van der Waals surface area contributed by atoms with Gasteiger partial charge in [0.1, 0.15) is 11.4 Å². The summed E-state index contributed by atoms with van der Waals surface area (Å²) < 4.78 is 40.8. The number of halogens is 3. The highest BCUT2D eigenvalue weighted by molar-refractivity contribution is 6.01. The van der Waals surface area contributed by atoms with Crippen LogP contribution in [0, 0.1) is 6.92 Å². The van der Waals surface area contributed by atoms with E-state index in [0.29, 0.717) is 23.5 Å². The molecule has 1 aliphatic rings. The molecule has 0 aliphatic carbocycles. The lowest BCUT2D eigenvalue weighted by Crippen LogP contribution is -2.14. The molecule has 2 aromatic carbocycles. The van der Waals surface area contributed by atoms with Gasteiger partial charge in [-0.1, -0.05) is 36.8 Å². The first-order valence-electron chi connectivity index (χ1n) is 10.4. The smallest absolute Gasteiger partial charge is 0.421 e. The Bertz CT molecular complexity index is 1200. The van der Waals surface area contributed by atoms with Gasteiger partial charge in [-0.05, 0) is 24.6 Å². The van der Waals surface area contributed by atoms with E-state index in [1.165, 1.54) is 0 Å². The number of nitrogens with one attached hydrogen (secondary N) is 3. The number of hydrogen-bond acceptors (Lipinski definition) is 5. The van der Waals surface area contributed by atoms with Gasteiger partial charge in [0.2, 0.25) is 11.9 Å². The number of amides is 1. The lowest BCUT2D eigenvalue weighted by molar-refractivity contribution is -0.137. The first-order chi connectivity index (χ1) is 15.7. The third kappa shape index (κ3) is 5.00. The van der Waals surface area contributed by atoms with Gasteiger partial charge >= 0.3 is 6.18 Å². The van der Waals surface area contributed by atoms with E-state index < -0.39 is 11.7 Å². The molecule has 4 rings (SSSR count). The quantitative estimate of drug-likeness (QED) is 0.426. The van der Waals surface area contributed by atoms with Crippen LogP contribution in [0.15, 0.2) is 42.6 Å². The molecule has 2 heterocycles. The molecule has 0 radical (unpaired) electrons. The van der Waals surface area contributed by atoms with E-state index >= 15 is 0 Å². The van der Waals surface area contributed by atoms with Crippen molar-refractivity contribution < 1.29 is 18.0 Å². The fourth-order valence-electron chi connectivity index (χ4n) is 3.59. The first-order valence-corrected chi connectivity index (χ1v) is 10.4. The van der Waals surface area contributed by atoms with E-state index in [-0.39, 0.29) is 30.6 Å². The minimum Gasteiger partial charge on any atom is -0.684 e. The van der Waals surface area contributed by atoms with Crippen LogP contribution in [-0.2, 0) is 23.9 Å².